The summed E-state index contributed by atoms with van der Waals surface area (Å²) < 4.78 is 56.6. The SMILES string of the molecule is Fc1cc(C(F)(F)F)cc(C(Cc2ccccc2)(NCc2ccc(Br)cc2)c2ccc(Cl)cn2)c1. The molecule has 1 N–H and O–H groups in total. The zero-order chi connectivity index (χ0) is 25.1. The van der Waals surface area contributed by atoms with Crippen LogP contribution >= 0.6 is 27.5 Å². The highest BCUT2D eigenvalue weighted by Crippen LogP contribution is 2.38. The van der Waals surface area contributed by atoms with Crippen molar-refractivity contribution in [3.05, 3.63) is 134 Å². The molecule has 180 valence electrons. The molecule has 1 heterocycles. The lowest BCUT2D eigenvalue weighted by atomic mass is 9.79. The van der Waals surface area contributed by atoms with E-state index in [2.05, 4.69) is 26.2 Å². The summed E-state index contributed by atoms with van der Waals surface area (Å²) in [5.41, 5.74) is -0.0924. The number of benzene rings is 3. The van der Waals surface area contributed by atoms with Gasteiger partial charge in [-0.15, -0.1) is 0 Å². The van der Waals surface area contributed by atoms with Crippen molar-refractivity contribution in [1.82, 2.24) is 10.3 Å². The van der Waals surface area contributed by atoms with Crippen molar-refractivity contribution in [2.45, 2.75) is 24.7 Å². The fraction of sp³-hybridized carbons (Fsp3) is 0.148. The van der Waals surface area contributed by atoms with Gasteiger partial charge in [-0.05, 0) is 59.2 Å². The van der Waals surface area contributed by atoms with Crippen LogP contribution in [0.4, 0.5) is 17.6 Å². The molecule has 2 nitrogen and oxygen atoms in total. The van der Waals surface area contributed by atoms with Gasteiger partial charge in [-0.2, -0.15) is 13.2 Å². The number of pyridine rings is 1. The summed E-state index contributed by atoms with van der Waals surface area (Å²) in [6, 6.07) is 22.7. The van der Waals surface area contributed by atoms with Crippen LogP contribution in [0.2, 0.25) is 5.02 Å². The molecule has 0 amide bonds. The average Bonchev–Trinajstić information content (AvgIpc) is 2.83. The van der Waals surface area contributed by atoms with E-state index in [1.807, 2.05) is 54.6 Å². The molecule has 0 bridgehead atoms. The molecule has 3 aromatic carbocycles. The molecule has 0 fully saturated rings. The van der Waals surface area contributed by atoms with Gasteiger partial charge in [0.2, 0.25) is 0 Å². The molecule has 0 saturated carbocycles. The Labute approximate surface area is 214 Å². The summed E-state index contributed by atoms with van der Waals surface area (Å²) in [7, 11) is 0. The van der Waals surface area contributed by atoms with Crippen LogP contribution in [0.25, 0.3) is 0 Å². The van der Waals surface area contributed by atoms with E-state index < -0.39 is 23.1 Å². The summed E-state index contributed by atoms with van der Waals surface area (Å²) in [5, 5.41) is 3.80. The van der Waals surface area contributed by atoms with Crippen LogP contribution in [0.5, 0.6) is 0 Å². The van der Waals surface area contributed by atoms with E-state index in [-0.39, 0.29) is 12.0 Å². The minimum absolute atomic E-state index is 0.112. The van der Waals surface area contributed by atoms with Crippen LogP contribution in [0, 0.1) is 5.82 Å². The van der Waals surface area contributed by atoms with Gasteiger partial charge in [0.15, 0.2) is 0 Å². The van der Waals surface area contributed by atoms with E-state index >= 15 is 0 Å². The first kappa shape index (κ1) is 25.4. The van der Waals surface area contributed by atoms with Crippen LogP contribution in [-0.2, 0) is 24.7 Å². The molecule has 0 saturated heterocycles. The predicted molar refractivity (Wildman–Crippen MR) is 133 cm³/mol. The third kappa shape index (κ3) is 6.10. The fourth-order valence-electron chi connectivity index (χ4n) is 3.98. The van der Waals surface area contributed by atoms with Crippen LogP contribution in [0.15, 0.2) is 95.6 Å². The van der Waals surface area contributed by atoms with E-state index in [0.29, 0.717) is 23.3 Å². The lowest BCUT2D eigenvalue weighted by Gasteiger charge is -2.36. The third-order valence-corrected chi connectivity index (χ3v) is 6.45. The molecule has 35 heavy (non-hydrogen) atoms. The number of rotatable bonds is 7. The Morgan fingerprint density at radius 2 is 1.51 bits per heavy atom. The van der Waals surface area contributed by atoms with Gasteiger partial charge in [0.1, 0.15) is 5.82 Å². The number of alkyl halides is 3. The van der Waals surface area contributed by atoms with Gasteiger partial charge in [-0.25, -0.2) is 4.39 Å². The van der Waals surface area contributed by atoms with Crippen molar-refractivity contribution in [3.8, 4) is 0 Å². The summed E-state index contributed by atoms with van der Waals surface area (Å²) in [6.45, 7) is 0.294. The third-order valence-electron chi connectivity index (χ3n) is 5.70. The number of aromatic nitrogens is 1. The van der Waals surface area contributed by atoms with Gasteiger partial charge in [-0.3, -0.25) is 10.3 Å². The second-order valence-corrected chi connectivity index (χ2v) is 9.49. The minimum atomic E-state index is -4.71. The first-order valence-corrected chi connectivity index (χ1v) is 11.9. The molecule has 4 aromatic rings. The lowest BCUT2D eigenvalue weighted by molar-refractivity contribution is -0.137. The molecule has 1 atom stereocenters. The minimum Gasteiger partial charge on any atom is -0.298 e. The molecule has 1 aromatic heterocycles. The standard InChI is InChI=1S/C27H20BrClF4N2/c28-22-8-6-19(7-9-22)16-35-26(15-18-4-2-1-3-5-18,25-11-10-23(29)17-34-25)20-12-21(27(31,32)33)14-24(30)13-20/h1-14,17,35H,15-16H2. The Morgan fingerprint density at radius 3 is 2.14 bits per heavy atom. The van der Waals surface area contributed by atoms with Crippen LogP contribution in [0.1, 0.15) is 27.9 Å². The zero-order valence-corrected chi connectivity index (χ0v) is 20.6. The Bertz CT molecular complexity index is 1280. The Kier molecular flexibility index (Phi) is 7.59. The van der Waals surface area contributed by atoms with E-state index in [9.17, 15) is 17.6 Å². The topological polar surface area (TPSA) is 24.9 Å². The van der Waals surface area contributed by atoms with Crippen LogP contribution in [0.3, 0.4) is 0 Å². The maximum atomic E-state index is 14.6. The fourth-order valence-corrected chi connectivity index (χ4v) is 4.36. The predicted octanol–water partition coefficient (Wildman–Crippen LogP) is 7.93. The van der Waals surface area contributed by atoms with Gasteiger partial charge < -0.3 is 0 Å². The first-order valence-electron chi connectivity index (χ1n) is 10.7. The molecule has 0 aliphatic rings. The summed E-state index contributed by atoms with van der Waals surface area (Å²) in [4.78, 5) is 4.47. The second kappa shape index (κ2) is 10.5. The molecular weight excluding hydrogens is 544 g/mol. The smallest absolute Gasteiger partial charge is 0.298 e. The zero-order valence-electron chi connectivity index (χ0n) is 18.3. The molecule has 0 spiro atoms. The molecule has 4 rings (SSSR count). The quantitative estimate of drug-likeness (QED) is 0.231. The van der Waals surface area contributed by atoms with E-state index in [0.717, 1.165) is 27.7 Å². The summed E-state index contributed by atoms with van der Waals surface area (Å²) in [6.07, 6.45) is -3.06. The Hall–Kier alpha value is -2.74. The number of halogens is 6. The molecule has 0 aliphatic heterocycles. The highest BCUT2D eigenvalue weighted by atomic mass is 79.9. The highest BCUT2D eigenvalue weighted by molar-refractivity contribution is 9.10. The number of nitrogens with zero attached hydrogens (tertiary/aromatic N) is 1. The first-order chi connectivity index (χ1) is 16.7. The van der Waals surface area contributed by atoms with Crippen molar-refractivity contribution in [2.24, 2.45) is 0 Å². The summed E-state index contributed by atoms with van der Waals surface area (Å²) in [5.74, 6) is -0.980. The van der Waals surface area contributed by atoms with Gasteiger partial charge in [0.05, 0.1) is 21.8 Å². The number of nitrogens with one attached hydrogen (secondary N) is 1. The number of hydrogen-bond acceptors (Lipinski definition) is 2. The van der Waals surface area contributed by atoms with Gasteiger partial charge in [0.25, 0.3) is 0 Å². The van der Waals surface area contributed by atoms with Crippen LogP contribution < -0.4 is 5.32 Å². The van der Waals surface area contributed by atoms with Gasteiger partial charge >= 0.3 is 6.18 Å². The Morgan fingerprint density at radius 1 is 0.829 bits per heavy atom. The lowest BCUT2D eigenvalue weighted by Crippen LogP contribution is -2.46. The van der Waals surface area contributed by atoms with Crippen molar-refractivity contribution in [3.63, 3.8) is 0 Å². The van der Waals surface area contributed by atoms with Gasteiger partial charge in [-0.1, -0.05) is 70.0 Å². The largest absolute Gasteiger partial charge is 0.416 e. The molecule has 0 radical (unpaired) electrons. The maximum absolute atomic E-state index is 14.6. The van der Waals surface area contributed by atoms with E-state index in [1.54, 1.807) is 12.1 Å². The van der Waals surface area contributed by atoms with E-state index in [1.165, 1.54) is 6.20 Å². The van der Waals surface area contributed by atoms with Crippen molar-refractivity contribution >= 4 is 27.5 Å². The highest BCUT2D eigenvalue weighted by Gasteiger charge is 2.39. The van der Waals surface area contributed by atoms with Crippen molar-refractivity contribution in [2.75, 3.05) is 0 Å². The van der Waals surface area contributed by atoms with Crippen molar-refractivity contribution in [1.29, 1.82) is 0 Å². The van der Waals surface area contributed by atoms with E-state index in [4.69, 9.17) is 11.6 Å². The molecular formula is C27H20BrClF4N2. The maximum Gasteiger partial charge on any atom is 0.416 e. The monoisotopic (exact) mass is 562 g/mol. The second-order valence-electron chi connectivity index (χ2n) is 8.14. The molecule has 0 aliphatic carbocycles. The van der Waals surface area contributed by atoms with Crippen LogP contribution in [-0.4, -0.2) is 4.98 Å². The normalized spacial score (nSPS) is 13.4. The van der Waals surface area contributed by atoms with Gasteiger partial charge in [0, 0.05) is 23.6 Å². The average molecular weight is 564 g/mol. The molecule has 8 heteroatoms. The van der Waals surface area contributed by atoms with Crippen molar-refractivity contribution < 1.29 is 17.6 Å². The number of hydrogen-bond donors (Lipinski definition) is 1. The molecule has 1 unspecified atom stereocenters. The summed E-state index contributed by atoms with van der Waals surface area (Å²) >= 11 is 9.47. The Balaban J connectivity index is 1.92.